The van der Waals surface area contributed by atoms with E-state index in [1.54, 1.807) is 0 Å². The zero-order valence-electron chi connectivity index (χ0n) is 10.2. The van der Waals surface area contributed by atoms with Crippen LogP contribution in [-0.4, -0.2) is 23.0 Å². The molecule has 2 aliphatic heterocycles. The predicted octanol–water partition coefficient (Wildman–Crippen LogP) is 1.65. The van der Waals surface area contributed by atoms with Gasteiger partial charge in [0.15, 0.2) is 0 Å². The van der Waals surface area contributed by atoms with E-state index >= 15 is 0 Å². The molecule has 3 N–H and O–H groups in total. The molecule has 0 saturated carbocycles. The summed E-state index contributed by atoms with van der Waals surface area (Å²) < 4.78 is 0. The van der Waals surface area contributed by atoms with Crippen LogP contribution < -0.4 is 11.3 Å². The van der Waals surface area contributed by atoms with Crippen LogP contribution in [0.2, 0.25) is 0 Å². The summed E-state index contributed by atoms with van der Waals surface area (Å²) in [5.41, 5.74) is 4.40. The number of benzene rings is 1. The fraction of sp³-hybridized carbons (Fsp3) is 0.571. The minimum atomic E-state index is 0.527. The lowest BCUT2D eigenvalue weighted by molar-refractivity contribution is 0.109. The highest BCUT2D eigenvalue weighted by Crippen LogP contribution is 2.36. The van der Waals surface area contributed by atoms with Crippen molar-refractivity contribution in [2.75, 3.05) is 0 Å². The Morgan fingerprint density at radius 3 is 2.35 bits per heavy atom. The molecule has 0 radical (unpaired) electrons. The summed E-state index contributed by atoms with van der Waals surface area (Å²) in [6, 6.07) is 12.8. The molecule has 2 heterocycles. The number of hydrogen-bond acceptors (Lipinski definition) is 3. The zero-order valence-corrected chi connectivity index (χ0v) is 10.2. The smallest absolute Gasteiger partial charge is 0.0240 e. The third-order valence-electron chi connectivity index (χ3n) is 4.33. The van der Waals surface area contributed by atoms with Crippen molar-refractivity contribution in [2.45, 2.75) is 50.4 Å². The number of nitrogens with zero attached hydrogens (tertiary/aromatic N) is 1. The summed E-state index contributed by atoms with van der Waals surface area (Å²) in [7, 11) is 0. The Hall–Kier alpha value is -0.900. The van der Waals surface area contributed by atoms with Gasteiger partial charge in [0.05, 0.1) is 0 Å². The van der Waals surface area contributed by atoms with E-state index in [1.165, 1.54) is 31.2 Å². The number of piperidine rings is 1. The Labute approximate surface area is 103 Å². The first-order chi connectivity index (χ1) is 8.36. The Balaban J connectivity index is 1.69. The molecule has 1 aromatic carbocycles. The third kappa shape index (κ3) is 2.23. The fourth-order valence-electron chi connectivity index (χ4n) is 3.46. The lowest BCUT2D eigenvalue weighted by Gasteiger charge is -2.38. The number of rotatable bonds is 3. The van der Waals surface area contributed by atoms with Gasteiger partial charge in [0.25, 0.3) is 0 Å². The normalized spacial score (nSPS) is 32.9. The second-order valence-corrected chi connectivity index (χ2v) is 5.38. The van der Waals surface area contributed by atoms with Gasteiger partial charge in [0.2, 0.25) is 0 Å². The minimum absolute atomic E-state index is 0.527. The summed E-state index contributed by atoms with van der Waals surface area (Å²) in [5, 5.41) is 0. The molecule has 2 fully saturated rings. The number of hydrazine groups is 1. The van der Waals surface area contributed by atoms with E-state index in [0.29, 0.717) is 6.04 Å². The van der Waals surface area contributed by atoms with E-state index in [2.05, 4.69) is 40.7 Å². The number of fused-ring (bicyclic) bond motifs is 2. The summed E-state index contributed by atoms with van der Waals surface area (Å²) >= 11 is 0. The topological polar surface area (TPSA) is 41.3 Å². The Morgan fingerprint density at radius 2 is 1.76 bits per heavy atom. The van der Waals surface area contributed by atoms with Crippen molar-refractivity contribution >= 4 is 0 Å². The van der Waals surface area contributed by atoms with Gasteiger partial charge in [-0.25, -0.2) is 0 Å². The third-order valence-corrected chi connectivity index (χ3v) is 4.33. The van der Waals surface area contributed by atoms with Crippen LogP contribution in [0.3, 0.4) is 0 Å². The first-order valence-corrected chi connectivity index (χ1v) is 6.62. The number of hydrogen-bond donors (Lipinski definition) is 2. The van der Waals surface area contributed by atoms with Crippen molar-refractivity contribution in [3.63, 3.8) is 0 Å². The summed E-state index contributed by atoms with van der Waals surface area (Å²) in [6.07, 6.45) is 5.10. The van der Waals surface area contributed by atoms with E-state index in [4.69, 9.17) is 5.84 Å². The predicted molar refractivity (Wildman–Crippen MR) is 69.1 cm³/mol. The molecule has 0 spiro atoms. The highest BCUT2D eigenvalue weighted by atomic mass is 15.3. The number of nitrogens with two attached hydrogens (primary N) is 1. The van der Waals surface area contributed by atoms with Crippen molar-refractivity contribution in [3.8, 4) is 0 Å². The van der Waals surface area contributed by atoms with E-state index in [9.17, 15) is 0 Å². The first kappa shape index (κ1) is 11.2. The molecule has 3 nitrogen and oxygen atoms in total. The van der Waals surface area contributed by atoms with Gasteiger partial charge in [-0.2, -0.15) is 0 Å². The van der Waals surface area contributed by atoms with Crippen LogP contribution in [0.4, 0.5) is 0 Å². The Morgan fingerprint density at radius 1 is 1.12 bits per heavy atom. The second-order valence-electron chi connectivity index (χ2n) is 5.38. The van der Waals surface area contributed by atoms with Gasteiger partial charge in [0, 0.05) is 24.7 Å². The molecule has 2 aliphatic rings. The average Bonchev–Trinajstić information content (AvgIpc) is 2.63. The average molecular weight is 231 g/mol. The minimum Gasteiger partial charge on any atom is -0.293 e. The van der Waals surface area contributed by atoms with Crippen LogP contribution in [0.5, 0.6) is 0 Å². The molecule has 2 bridgehead atoms. The van der Waals surface area contributed by atoms with Crippen LogP contribution in [-0.2, 0) is 6.54 Å². The lowest BCUT2D eigenvalue weighted by atomic mass is 9.97. The van der Waals surface area contributed by atoms with Crippen molar-refractivity contribution in [1.82, 2.24) is 10.3 Å². The molecule has 17 heavy (non-hydrogen) atoms. The molecule has 0 aliphatic carbocycles. The van der Waals surface area contributed by atoms with Crippen LogP contribution in [0, 0.1) is 0 Å². The van der Waals surface area contributed by atoms with Crippen LogP contribution in [0.25, 0.3) is 0 Å². The molecule has 2 atom stereocenters. The lowest BCUT2D eigenvalue weighted by Crippen LogP contribution is -2.50. The van der Waals surface area contributed by atoms with Gasteiger partial charge in [-0.15, -0.1) is 0 Å². The Bertz CT molecular complexity index is 351. The van der Waals surface area contributed by atoms with Crippen LogP contribution in [0.15, 0.2) is 30.3 Å². The first-order valence-electron chi connectivity index (χ1n) is 6.62. The molecule has 92 valence electrons. The molecular weight excluding hydrogens is 210 g/mol. The van der Waals surface area contributed by atoms with E-state index in [1.807, 2.05) is 0 Å². The van der Waals surface area contributed by atoms with Crippen molar-refractivity contribution in [3.05, 3.63) is 35.9 Å². The number of nitrogens with one attached hydrogen (secondary N) is 1. The van der Waals surface area contributed by atoms with Crippen molar-refractivity contribution in [2.24, 2.45) is 5.84 Å². The largest absolute Gasteiger partial charge is 0.293 e. The molecule has 1 aromatic rings. The molecule has 0 aromatic heterocycles. The molecule has 2 saturated heterocycles. The molecule has 2 unspecified atom stereocenters. The molecule has 3 rings (SSSR count). The standard InChI is InChI=1S/C14H21N3/c15-16-12-8-13-6-7-14(9-12)17(13)10-11-4-2-1-3-5-11/h1-5,12-14,16H,6-10,15H2. The van der Waals surface area contributed by atoms with Crippen molar-refractivity contribution < 1.29 is 0 Å². The van der Waals surface area contributed by atoms with Crippen LogP contribution >= 0.6 is 0 Å². The molecular formula is C14H21N3. The maximum absolute atomic E-state index is 5.58. The van der Waals surface area contributed by atoms with Gasteiger partial charge in [-0.3, -0.25) is 16.2 Å². The quantitative estimate of drug-likeness (QED) is 0.614. The Kier molecular flexibility index (Phi) is 3.14. The summed E-state index contributed by atoms with van der Waals surface area (Å²) in [5.74, 6) is 5.58. The van der Waals surface area contributed by atoms with E-state index < -0.39 is 0 Å². The maximum atomic E-state index is 5.58. The van der Waals surface area contributed by atoms with Crippen LogP contribution in [0.1, 0.15) is 31.2 Å². The van der Waals surface area contributed by atoms with Crippen molar-refractivity contribution in [1.29, 1.82) is 0 Å². The van der Waals surface area contributed by atoms with E-state index in [0.717, 1.165) is 18.6 Å². The van der Waals surface area contributed by atoms with Gasteiger partial charge < -0.3 is 0 Å². The monoisotopic (exact) mass is 231 g/mol. The zero-order chi connectivity index (χ0) is 11.7. The molecule has 0 amide bonds. The fourth-order valence-corrected chi connectivity index (χ4v) is 3.46. The highest BCUT2D eigenvalue weighted by Gasteiger charge is 2.39. The van der Waals surface area contributed by atoms with E-state index in [-0.39, 0.29) is 0 Å². The summed E-state index contributed by atoms with van der Waals surface area (Å²) in [4.78, 5) is 2.68. The SMILES string of the molecule is NNC1CC2CCC(C1)N2Cc1ccccc1. The summed E-state index contributed by atoms with van der Waals surface area (Å²) in [6.45, 7) is 1.10. The molecule has 3 heteroatoms. The highest BCUT2D eigenvalue weighted by molar-refractivity contribution is 5.15. The van der Waals surface area contributed by atoms with Gasteiger partial charge in [0.1, 0.15) is 0 Å². The van der Waals surface area contributed by atoms with Gasteiger partial charge in [-0.05, 0) is 31.2 Å². The van der Waals surface area contributed by atoms with Gasteiger partial charge >= 0.3 is 0 Å². The van der Waals surface area contributed by atoms with Gasteiger partial charge in [-0.1, -0.05) is 30.3 Å². The maximum Gasteiger partial charge on any atom is 0.0240 e. The second kappa shape index (κ2) is 4.77.